The Morgan fingerprint density at radius 2 is 2.00 bits per heavy atom. The largest absolute Gasteiger partial charge is 0.444 e. The number of ether oxygens (including phenoxy) is 1. The van der Waals surface area contributed by atoms with Crippen LogP contribution >= 0.6 is 0 Å². The van der Waals surface area contributed by atoms with Crippen molar-refractivity contribution in [3.63, 3.8) is 0 Å². The number of amides is 2. The Kier molecular flexibility index (Phi) is 4.13. The Labute approximate surface area is 141 Å². The van der Waals surface area contributed by atoms with Gasteiger partial charge in [-0.05, 0) is 32.9 Å². The summed E-state index contributed by atoms with van der Waals surface area (Å²) in [6, 6.07) is 7.07. The number of piperazine rings is 1. The predicted molar refractivity (Wildman–Crippen MR) is 89.8 cm³/mol. The molecule has 2 atom stereocenters. The van der Waals surface area contributed by atoms with Crippen LogP contribution in [0.2, 0.25) is 0 Å². The van der Waals surface area contributed by atoms with Gasteiger partial charge in [-0.25, -0.2) is 4.79 Å². The molecule has 2 N–H and O–H groups in total. The molecule has 1 unspecified atom stereocenters. The average molecular weight is 333 g/mol. The zero-order chi connectivity index (χ0) is 17.5. The van der Waals surface area contributed by atoms with Crippen molar-refractivity contribution >= 4 is 23.4 Å². The molecule has 2 aliphatic rings. The molecule has 3 rings (SSSR count). The third-order valence-electron chi connectivity index (χ3n) is 4.06. The van der Waals surface area contributed by atoms with E-state index < -0.39 is 17.9 Å². The summed E-state index contributed by atoms with van der Waals surface area (Å²) in [7, 11) is 0. The van der Waals surface area contributed by atoms with E-state index in [0.717, 1.165) is 5.69 Å². The van der Waals surface area contributed by atoms with E-state index in [9.17, 15) is 14.7 Å². The summed E-state index contributed by atoms with van der Waals surface area (Å²) in [5.41, 5.74) is 0.839. The van der Waals surface area contributed by atoms with Crippen LogP contribution in [0.5, 0.6) is 0 Å². The lowest BCUT2D eigenvalue weighted by Gasteiger charge is -2.45. The summed E-state index contributed by atoms with van der Waals surface area (Å²) in [5, 5.41) is 13.5. The number of nitrogens with zero attached hydrogens (tertiary/aromatic N) is 2. The van der Waals surface area contributed by atoms with E-state index >= 15 is 0 Å². The zero-order valence-electron chi connectivity index (χ0n) is 14.2. The molecule has 2 heterocycles. The Morgan fingerprint density at radius 3 is 2.71 bits per heavy atom. The van der Waals surface area contributed by atoms with E-state index in [-0.39, 0.29) is 24.9 Å². The van der Waals surface area contributed by atoms with E-state index in [0.29, 0.717) is 12.2 Å². The van der Waals surface area contributed by atoms with Gasteiger partial charge in [0, 0.05) is 13.0 Å². The molecule has 0 aromatic heterocycles. The lowest BCUT2D eigenvalue weighted by Crippen LogP contribution is -2.60. The minimum Gasteiger partial charge on any atom is -0.444 e. The second kappa shape index (κ2) is 5.98. The molecule has 1 aromatic carbocycles. The Hall–Kier alpha value is -2.28. The molecule has 2 aliphatic heterocycles. The van der Waals surface area contributed by atoms with E-state index in [1.165, 1.54) is 4.90 Å². The normalized spacial score (nSPS) is 23.8. The molecule has 24 heavy (non-hydrogen) atoms. The molecule has 0 radical (unpaired) electrons. The fourth-order valence-corrected chi connectivity index (χ4v) is 3.16. The van der Waals surface area contributed by atoms with Gasteiger partial charge in [0.25, 0.3) is 0 Å². The first kappa shape index (κ1) is 16.6. The van der Waals surface area contributed by atoms with Gasteiger partial charge in [0.2, 0.25) is 5.91 Å². The van der Waals surface area contributed by atoms with E-state index in [1.54, 1.807) is 20.8 Å². The molecule has 7 heteroatoms. The van der Waals surface area contributed by atoms with Gasteiger partial charge in [-0.15, -0.1) is 0 Å². The van der Waals surface area contributed by atoms with E-state index in [2.05, 4.69) is 5.32 Å². The first-order chi connectivity index (χ1) is 11.2. The SMILES string of the molecule is CC(C)(C)OC(=O)N1CC(O)N2c3ccccc3NC(=O)C[C@H]2C1. The van der Waals surface area contributed by atoms with Gasteiger partial charge in [0.15, 0.2) is 0 Å². The maximum absolute atomic E-state index is 12.3. The molecule has 1 saturated heterocycles. The number of carbonyl (C=O) groups is 2. The van der Waals surface area contributed by atoms with Crippen molar-refractivity contribution in [2.75, 3.05) is 23.3 Å². The van der Waals surface area contributed by atoms with Crippen LogP contribution in [0, 0.1) is 0 Å². The number of para-hydroxylation sites is 2. The number of fused-ring (bicyclic) bond motifs is 3. The monoisotopic (exact) mass is 333 g/mol. The second-order valence-electron chi connectivity index (χ2n) is 7.20. The standard InChI is InChI=1S/C17H23N3O4/c1-17(2,3)24-16(23)19-9-11-8-14(21)18-12-6-4-5-7-13(12)20(11)15(22)10-19/h4-7,11,15,22H,8-10H2,1-3H3,(H,18,21)/t11-,15?/m0/s1. The van der Waals surface area contributed by atoms with Gasteiger partial charge in [0.1, 0.15) is 11.8 Å². The van der Waals surface area contributed by atoms with Crippen LogP contribution in [0.25, 0.3) is 0 Å². The van der Waals surface area contributed by atoms with Crippen molar-refractivity contribution in [3.05, 3.63) is 24.3 Å². The van der Waals surface area contributed by atoms with Crippen LogP contribution in [0.4, 0.5) is 16.2 Å². The molecule has 0 saturated carbocycles. The van der Waals surface area contributed by atoms with Gasteiger partial charge >= 0.3 is 6.09 Å². The van der Waals surface area contributed by atoms with Crippen LogP contribution in [0.3, 0.4) is 0 Å². The van der Waals surface area contributed by atoms with Crippen LogP contribution in [0.15, 0.2) is 24.3 Å². The van der Waals surface area contributed by atoms with E-state index in [1.807, 2.05) is 29.2 Å². The summed E-state index contributed by atoms with van der Waals surface area (Å²) < 4.78 is 5.39. The summed E-state index contributed by atoms with van der Waals surface area (Å²) in [5.74, 6) is -0.131. The number of hydrogen-bond acceptors (Lipinski definition) is 5. The van der Waals surface area contributed by atoms with Crippen molar-refractivity contribution in [3.8, 4) is 0 Å². The molecule has 0 bridgehead atoms. The second-order valence-corrected chi connectivity index (χ2v) is 7.20. The highest BCUT2D eigenvalue weighted by Gasteiger charge is 2.40. The first-order valence-corrected chi connectivity index (χ1v) is 8.08. The molecule has 7 nitrogen and oxygen atoms in total. The van der Waals surface area contributed by atoms with Crippen molar-refractivity contribution in [2.45, 2.75) is 45.1 Å². The molecule has 130 valence electrons. The number of hydrogen-bond donors (Lipinski definition) is 2. The fraction of sp³-hybridized carbons (Fsp3) is 0.529. The number of aliphatic hydroxyl groups excluding tert-OH is 1. The highest BCUT2D eigenvalue weighted by atomic mass is 16.6. The summed E-state index contributed by atoms with van der Waals surface area (Å²) >= 11 is 0. The molecule has 2 amide bonds. The molecule has 1 fully saturated rings. The van der Waals surface area contributed by atoms with Gasteiger partial charge in [-0.3, -0.25) is 4.79 Å². The third kappa shape index (κ3) is 3.31. The molecular weight excluding hydrogens is 310 g/mol. The first-order valence-electron chi connectivity index (χ1n) is 8.08. The summed E-state index contributed by atoms with van der Waals surface area (Å²) in [4.78, 5) is 27.8. The lowest BCUT2D eigenvalue weighted by atomic mass is 10.1. The van der Waals surface area contributed by atoms with E-state index in [4.69, 9.17) is 4.74 Å². The van der Waals surface area contributed by atoms with Crippen LogP contribution in [0.1, 0.15) is 27.2 Å². The quantitative estimate of drug-likeness (QED) is 0.756. The maximum atomic E-state index is 12.3. The highest BCUT2D eigenvalue weighted by Crippen LogP contribution is 2.34. The minimum atomic E-state index is -0.898. The number of anilines is 2. The van der Waals surface area contributed by atoms with Gasteiger partial charge in [0.05, 0.1) is 24.0 Å². The van der Waals surface area contributed by atoms with Gasteiger partial charge < -0.3 is 25.0 Å². The lowest BCUT2D eigenvalue weighted by molar-refractivity contribution is -0.116. The van der Waals surface area contributed by atoms with Crippen molar-refractivity contribution < 1.29 is 19.4 Å². The number of nitrogens with one attached hydrogen (secondary N) is 1. The van der Waals surface area contributed by atoms with Gasteiger partial charge in [-0.2, -0.15) is 0 Å². The number of benzene rings is 1. The molecule has 0 spiro atoms. The smallest absolute Gasteiger partial charge is 0.410 e. The van der Waals surface area contributed by atoms with Crippen molar-refractivity contribution in [1.82, 2.24) is 4.90 Å². The summed E-state index contributed by atoms with van der Waals surface area (Å²) in [6.45, 7) is 5.86. The summed E-state index contributed by atoms with van der Waals surface area (Å²) in [6.07, 6.45) is -1.17. The predicted octanol–water partition coefficient (Wildman–Crippen LogP) is 1.77. The zero-order valence-corrected chi connectivity index (χ0v) is 14.2. The van der Waals surface area contributed by atoms with Crippen molar-refractivity contribution in [2.24, 2.45) is 0 Å². The molecule has 1 aromatic rings. The molecular formula is C17H23N3O4. The van der Waals surface area contributed by atoms with Crippen LogP contribution < -0.4 is 10.2 Å². The Bertz CT molecular complexity index is 655. The topological polar surface area (TPSA) is 82.1 Å². The molecule has 0 aliphatic carbocycles. The fourth-order valence-electron chi connectivity index (χ4n) is 3.16. The third-order valence-corrected chi connectivity index (χ3v) is 4.06. The van der Waals surface area contributed by atoms with Gasteiger partial charge in [-0.1, -0.05) is 12.1 Å². The number of carbonyl (C=O) groups excluding carboxylic acids is 2. The number of β-amino-alcohol motifs (C(OH)–C–C–N with tert-alkyl or cyclic N) is 1. The number of rotatable bonds is 0. The minimum absolute atomic E-state index is 0.131. The highest BCUT2D eigenvalue weighted by molar-refractivity contribution is 5.97. The van der Waals surface area contributed by atoms with Crippen molar-refractivity contribution in [1.29, 1.82) is 0 Å². The Morgan fingerprint density at radius 1 is 1.29 bits per heavy atom. The maximum Gasteiger partial charge on any atom is 0.410 e. The van der Waals surface area contributed by atoms with Crippen LogP contribution in [-0.2, 0) is 9.53 Å². The number of aliphatic hydroxyl groups is 1. The average Bonchev–Trinajstić information content (AvgIpc) is 2.60. The Balaban J connectivity index is 1.86. The van der Waals surface area contributed by atoms with Crippen LogP contribution in [-0.4, -0.2) is 53.0 Å².